The molecule has 1 aliphatic heterocycles. The molecule has 2 aromatic rings. The quantitative estimate of drug-likeness (QED) is 0.556. The van der Waals surface area contributed by atoms with Crippen LogP contribution >= 0.6 is 11.8 Å². The van der Waals surface area contributed by atoms with Crippen molar-refractivity contribution in [2.45, 2.75) is 6.92 Å². The average molecular weight is 442 g/mol. The van der Waals surface area contributed by atoms with Crippen LogP contribution in [0.1, 0.15) is 33.2 Å². The molecule has 0 aromatic heterocycles. The molecule has 0 saturated carbocycles. The van der Waals surface area contributed by atoms with Gasteiger partial charge in [-0.25, -0.2) is 14.6 Å². The number of carboxylic acids is 2. The third kappa shape index (κ3) is 5.23. The van der Waals surface area contributed by atoms with Crippen LogP contribution in [0.25, 0.3) is 6.08 Å². The van der Waals surface area contributed by atoms with Crippen molar-refractivity contribution in [3.63, 3.8) is 0 Å². The monoisotopic (exact) mass is 442 g/mol. The molecule has 0 unspecified atom stereocenters. The number of thioether (sulfide) groups is 1. The topological polar surface area (TPSA) is 135 Å². The van der Waals surface area contributed by atoms with Gasteiger partial charge in [-0.1, -0.05) is 6.07 Å². The standard InChI is InChI=1S/C21H18N2O7S/c1-3-30-15-5-4-11(6-16(15)29-2)7-17-18(24)23-21(31-17)22-14-9-12(19(25)26)8-13(10-14)20(27)28/h4-10H,3H2,1-2H3,(H,25,26)(H,27,28)(H,22,23,24)/b17-7-. The molecule has 2 aromatic carbocycles. The fraction of sp³-hybridized carbons (Fsp3) is 0.143. The number of nitrogens with one attached hydrogen (secondary N) is 1. The van der Waals surface area contributed by atoms with Crippen LogP contribution in [0.3, 0.4) is 0 Å². The molecule has 1 aliphatic rings. The number of ether oxygens (including phenoxy) is 2. The molecule has 3 N–H and O–H groups in total. The van der Waals surface area contributed by atoms with Gasteiger partial charge in [0, 0.05) is 0 Å². The summed E-state index contributed by atoms with van der Waals surface area (Å²) in [5.74, 6) is -1.83. The summed E-state index contributed by atoms with van der Waals surface area (Å²) in [6, 6.07) is 8.75. The Balaban J connectivity index is 1.89. The summed E-state index contributed by atoms with van der Waals surface area (Å²) >= 11 is 1.05. The van der Waals surface area contributed by atoms with Gasteiger partial charge in [-0.3, -0.25) is 4.79 Å². The van der Waals surface area contributed by atoms with Crippen LogP contribution in [0.2, 0.25) is 0 Å². The summed E-state index contributed by atoms with van der Waals surface area (Å²) in [4.78, 5) is 39.4. The average Bonchev–Trinajstić information content (AvgIpc) is 3.07. The van der Waals surface area contributed by atoms with Gasteiger partial charge < -0.3 is 25.0 Å². The maximum atomic E-state index is 12.3. The number of hydrogen-bond donors (Lipinski definition) is 3. The van der Waals surface area contributed by atoms with Crippen molar-refractivity contribution < 1.29 is 34.1 Å². The zero-order valence-electron chi connectivity index (χ0n) is 16.5. The van der Waals surface area contributed by atoms with Crippen molar-refractivity contribution in [1.29, 1.82) is 0 Å². The Labute approximate surface area is 181 Å². The number of amidine groups is 1. The molecule has 1 saturated heterocycles. The first kappa shape index (κ1) is 21.9. The first-order valence-corrected chi connectivity index (χ1v) is 9.84. The minimum atomic E-state index is -1.28. The van der Waals surface area contributed by atoms with Crippen molar-refractivity contribution >= 4 is 46.5 Å². The van der Waals surface area contributed by atoms with Crippen molar-refractivity contribution in [1.82, 2.24) is 5.32 Å². The van der Waals surface area contributed by atoms with E-state index in [0.717, 1.165) is 17.8 Å². The SMILES string of the molecule is CCOc1ccc(/C=C2\SC(=Nc3cc(C(=O)O)cc(C(=O)O)c3)NC2=O)cc1OC. The highest BCUT2D eigenvalue weighted by Crippen LogP contribution is 2.32. The van der Waals surface area contributed by atoms with E-state index in [-0.39, 0.29) is 27.9 Å². The molecular weight excluding hydrogens is 424 g/mol. The van der Waals surface area contributed by atoms with E-state index >= 15 is 0 Å². The molecule has 0 bridgehead atoms. The smallest absolute Gasteiger partial charge is 0.335 e. The second-order valence-corrected chi connectivity index (χ2v) is 7.23. The zero-order valence-corrected chi connectivity index (χ0v) is 17.4. The number of carbonyl (C=O) groups is 3. The number of amides is 1. The number of carboxylic acid groups (broad SMARTS) is 2. The van der Waals surface area contributed by atoms with E-state index < -0.39 is 11.9 Å². The third-order valence-corrected chi connectivity index (χ3v) is 4.99. The number of benzene rings is 2. The molecule has 1 fully saturated rings. The maximum Gasteiger partial charge on any atom is 0.335 e. The second kappa shape index (κ2) is 9.35. The van der Waals surface area contributed by atoms with Crippen molar-refractivity contribution in [3.8, 4) is 11.5 Å². The molecule has 0 spiro atoms. The molecule has 1 heterocycles. The van der Waals surface area contributed by atoms with Crippen LogP contribution in [0.4, 0.5) is 5.69 Å². The Morgan fingerprint density at radius 2 is 1.77 bits per heavy atom. The Kier molecular flexibility index (Phi) is 6.61. The van der Waals surface area contributed by atoms with Crippen molar-refractivity contribution in [3.05, 3.63) is 58.0 Å². The first-order chi connectivity index (χ1) is 14.8. The minimum Gasteiger partial charge on any atom is -0.493 e. The maximum absolute atomic E-state index is 12.3. The van der Waals surface area contributed by atoms with Gasteiger partial charge in [-0.2, -0.15) is 0 Å². The van der Waals surface area contributed by atoms with Gasteiger partial charge in [0.2, 0.25) is 0 Å². The van der Waals surface area contributed by atoms with Gasteiger partial charge in [0.1, 0.15) is 0 Å². The van der Waals surface area contributed by atoms with E-state index in [0.29, 0.717) is 28.6 Å². The number of methoxy groups -OCH3 is 1. The lowest BCUT2D eigenvalue weighted by atomic mass is 10.1. The zero-order chi connectivity index (χ0) is 22.5. The van der Waals surface area contributed by atoms with E-state index in [1.54, 1.807) is 24.3 Å². The highest BCUT2D eigenvalue weighted by molar-refractivity contribution is 8.18. The van der Waals surface area contributed by atoms with Gasteiger partial charge in [0.15, 0.2) is 16.7 Å². The summed E-state index contributed by atoms with van der Waals surface area (Å²) in [7, 11) is 1.52. The molecular formula is C21H18N2O7S. The second-order valence-electron chi connectivity index (χ2n) is 6.20. The van der Waals surface area contributed by atoms with E-state index in [2.05, 4.69) is 10.3 Å². The van der Waals surface area contributed by atoms with Gasteiger partial charge in [-0.05, 0) is 60.7 Å². The Bertz CT molecular complexity index is 1090. The summed E-state index contributed by atoms with van der Waals surface area (Å²) in [6.07, 6.45) is 1.65. The number of rotatable bonds is 7. The van der Waals surface area contributed by atoms with Gasteiger partial charge >= 0.3 is 11.9 Å². The number of nitrogens with zero attached hydrogens (tertiary/aromatic N) is 1. The van der Waals surface area contributed by atoms with Gasteiger partial charge in [0.05, 0.1) is 35.4 Å². The largest absolute Gasteiger partial charge is 0.493 e. The fourth-order valence-corrected chi connectivity index (χ4v) is 3.56. The molecule has 0 atom stereocenters. The van der Waals surface area contributed by atoms with Gasteiger partial charge in [-0.15, -0.1) is 0 Å². The number of hydrogen-bond acceptors (Lipinski definition) is 7. The van der Waals surface area contributed by atoms with Crippen LogP contribution in [0.15, 0.2) is 46.3 Å². The highest BCUT2D eigenvalue weighted by atomic mass is 32.2. The van der Waals surface area contributed by atoms with Crippen LogP contribution in [-0.4, -0.2) is 46.9 Å². The molecule has 31 heavy (non-hydrogen) atoms. The highest BCUT2D eigenvalue weighted by Gasteiger charge is 2.24. The van der Waals surface area contributed by atoms with Crippen molar-refractivity contribution in [2.24, 2.45) is 4.99 Å². The lowest BCUT2D eigenvalue weighted by Gasteiger charge is -2.09. The molecule has 160 valence electrons. The summed E-state index contributed by atoms with van der Waals surface area (Å²) < 4.78 is 10.8. The van der Waals surface area contributed by atoms with E-state index in [1.165, 1.54) is 19.2 Å². The minimum absolute atomic E-state index is 0.101. The Morgan fingerprint density at radius 3 is 2.35 bits per heavy atom. The molecule has 9 nitrogen and oxygen atoms in total. The van der Waals surface area contributed by atoms with Crippen LogP contribution in [-0.2, 0) is 4.79 Å². The van der Waals surface area contributed by atoms with E-state index in [1.807, 2.05) is 6.92 Å². The predicted molar refractivity (Wildman–Crippen MR) is 115 cm³/mol. The van der Waals surface area contributed by atoms with Crippen LogP contribution < -0.4 is 14.8 Å². The first-order valence-electron chi connectivity index (χ1n) is 9.02. The predicted octanol–water partition coefficient (Wildman–Crippen LogP) is 3.38. The number of aromatic carboxylic acids is 2. The molecule has 3 rings (SSSR count). The number of carbonyl (C=O) groups excluding carboxylic acids is 1. The molecule has 0 aliphatic carbocycles. The Hall–Kier alpha value is -3.79. The van der Waals surface area contributed by atoms with Crippen LogP contribution in [0.5, 0.6) is 11.5 Å². The summed E-state index contributed by atoms with van der Waals surface area (Å²) in [6.45, 7) is 2.35. The number of aliphatic imine (C=N–C) groups is 1. The molecule has 0 radical (unpaired) electrons. The summed E-state index contributed by atoms with van der Waals surface area (Å²) in [5, 5.41) is 21.1. The Morgan fingerprint density at radius 1 is 1.10 bits per heavy atom. The molecule has 1 amide bonds. The third-order valence-electron chi connectivity index (χ3n) is 4.08. The fourth-order valence-electron chi connectivity index (χ4n) is 2.72. The van der Waals surface area contributed by atoms with Gasteiger partial charge in [0.25, 0.3) is 5.91 Å². The normalized spacial score (nSPS) is 15.7. The van der Waals surface area contributed by atoms with Crippen LogP contribution in [0, 0.1) is 0 Å². The lowest BCUT2D eigenvalue weighted by Crippen LogP contribution is -2.19. The lowest BCUT2D eigenvalue weighted by molar-refractivity contribution is -0.115. The molecule has 10 heteroatoms. The van der Waals surface area contributed by atoms with Crippen molar-refractivity contribution in [2.75, 3.05) is 13.7 Å². The summed E-state index contributed by atoms with van der Waals surface area (Å²) in [5.41, 5.74) is 0.376. The van der Waals surface area contributed by atoms with E-state index in [4.69, 9.17) is 9.47 Å². The van der Waals surface area contributed by atoms with E-state index in [9.17, 15) is 24.6 Å².